The maximum Gasteiger partial charge on any atom is 0.191 e. The third kappa shape index (κ3) is 5.03. The van der Waals surface area contributed by atoms with E-state index in [1.165, 1.54) is 27.4 Å². The molecule has 0 spiro atoms. The van der Waals surface area contributed by atoms with Gasteiger partial charge in [-0.15, -0.1) is 0 Å². The van der Waals surface area contributed by atoms with E-state index in [0.29, 0.717) is 5.92 Å². The van der Waals surface area contributed by atoms with Gasteiger partial charge in [0.2, 0.25) is 0 Å². The molecule has 0 aliphatic heterocycles. The summed E-state index contributed by atoms with van der Waals surface area (Å²) < 4.78 is 6.98. The van der Waals surface area contributed by atoms with Gasteiger partial charge in [-0.3, -0.25) is 4.57 Å². The summed E-state index contributed by atoms with van der Waals surface area (Å²) in [7, 11) is 0. The summed E-state index contributed by atoms with van der Waals surface area (Å²) in [5, 5.41) is 2.43. The van der Waals surface area contributed by atoms with Gasteiger partial charge in [0, 0.05) is 52.6 Å². The van der Waals surface area contributed by atoms with Gasteiger partial charge in [-0.1, -0.05) is 56.3 Å². The van der Waals surface area contributed by atoms with Crippen molar-refractivity contribution in [1.82, 2.24) is 18.7 Å². The molecule has 8 rings (SSSR count). The van der Waals surface area contributed by atoms with Crippen LogP contribution in [0.3, 0.4) is 0 Å². The molecule has 236 valence electrons. The number of aromatic nitrogens is 4. The minimum Gasteiger partial charge on any atom is -0.309 e. The minimum absolute atomic E-state index is 0.0596. The lowest BCUT2D eigenvalue weighted by molar-refractivity contribution is 0.406. The van der Waals surface area contributed by atoms with Crippen LogP contribution >= 0.6 is 0 Å². The second-order valence-corrected chi connectivity index (χ2v) is 13.9. The Morgan fingerprint density at radius 1 is 0.604 bits per heavy atom. The van der Waals surface area contributed by atoms with Crippen LogP contribution in [0.1, 0.15) is 46.1 Å². The summed E-state index contributed by atoms with van der Waals surface area (Å²) in [4.78, 5) is 7.24. The highest BCUT2D eigenvalue weighted by Crippen LogP contribution is 2.40. The molecular weight excluding hydrogens is 587 g/mol. The molecule has 5 nitrogen and oxygen atoms in total. The number of imidazole rings is 1. The molecule has 0 atom stereocenters. The molecule has 0 saturated carbocycles. The van der Waals surface area contributed by atoms with E-state index >= 15 is 0 Å². The van der Waals surface area contributed by atoms with Gasteiger partial charge >= 0.3 is 0 Å². The number of nitrogens with zero attached hydrogens (tertiary/aromatic N) is 5. The molecule has 8 aromatic rings. The maximum absolute atomic E-state index is 4.89. The number of hydrogen-bond donors (Lipinski definition) is 0. The van der Waals surface area contributed by atoms with Gasteiger partial charge in [0.15, 0.2) is 17.4 Å². The van der Waals surface area contributed by atoms with Gasteiger partial charge in [-0.25, -0.2) is 9.55 Å². The standard InChI is InChI=1S/C43H40N5/c1-30(2)31-24-25-44-42(26-31)48-38-19-10-9-18-36(38)37-23-22-35(28-41(37)48)47(32-14-7-6-8-15-32)34-17-13-16-33(27-34)45-29-46(43(3,4)5)40-21-12-11-20-39(40)45/h6-30H,1-5H3/q+1. The molecule has 3 aromatic heterocycles. The molecular formula is C43H40N5+. The molecule has 0 fully saturated rings. The van der Waals surface area contributed by atoms with E-state index in [1.54, 1.807) is 0 Å². The number of benzene rings is 5. The average molecular weight is 627 g/mol. The summed E-state index contributed by atoms with van der Waals surface area (Å²) in [6, 6.07) is 48.0. The van der Waals surface area contributed by atoms with E-state index in [-0.39, 0.29) is 5.54 Å². The Kier molecular flexibility index (Phi) is 7.14. The largest absolute Gasteiger partial charge is 0.309 e. The van der Waals surface area contributed by atoms with E-state index in [0.717, 1.165) is 39.6 Å². The molecule has 0 saturated heterocycles. The summed E-state index contributed by atoms with van der Waals surface area (Å²) in [5.41, 5.74) is 10.3. The van der Waals surface area contributed by atoms with Crippen LogP contribution in [-0.4, -0.2) is 18.7 Å². The fourth-order valence-corrected chi connectivity index (χ4v) is 6.92. The minimum atomic E-state index is -0.0596. The van der Waals surface area contributed by atoms with Crippen molar-refractivity contribution in [3.8, 4) is 11.5 Å². The molecule has 0 aliphatic rings. The van der Waals surface area contributed by atoms with E-state index in [2.05, 4.69) is 193 Å². The summed E-state index contributed by atoms with van der Waals surface area (Å²) in [6.45, 7) is 11.2. The first kappa shape index (κ1) is 29.7. The number of fused-ring (bicyclic) bond motifs is 4. The van der Waals surface area contributed by atoms with Crippen LogP contribution in [0.5, 0.6) is 0 Å². The quantitative estimate of drug-likeness (QED) is 0.172. The highest BCUT2D eigenvalue weighted by molar-refractivity contribution is 6.10. The first-order chi connectivity index (χ1) is 23.3. The van der Waals surface area contributed by atoms with Crippen molar-refractivity contribution in [3.63, 3.8) is 0 Å². The molecule has 0 aliphatic carbocycles. The van der Waals surface area contributed by atoms with E-state index in [4.69, 9.17) is 4.98 Å². The Bertz CT molecular complexity index is 2420. The van der Waals surface area contributed by atoms with Gasteiger partial charge in [0.1, 0.15) is 11.5 Å². The molecule has 0 amide bonds. The van der Waals surface area contributed by atoms with Crippen LogP contribution in [0, 0.1) is 0 Å². The third-order valence-corrected chi connectivity index (χ3v) is 9.32. The van der Waals surface area contributed by atoms with Crippen LogP contribution in [0.25, 0.3) is 44.3 Å². The first-order valence-corrected chi connectivity index (χ1v) is 16.8. The maximum atomic E-state index is 4.89. The Labute approximate surface area is 282 Å². The van der Waals surface area contributed by atoms with Gasteiger partial charge in [-0.2, -0.15) is 4.57 Å². The fourth-order valence-electron chi connectivity index (χ4n) is 6.92. The zero-order chi connectivity index (χ0) is 33.0. The zero-order valence-electron chi connectivity index (χ0n) is 28.2. The normalized spacial score (nSPS) is 12.0. The highest BCUT2D eigenvalue weighted by Gasteiger charge is 2.25. The van der Waals surface area contributed by atoms with Crippen LogP contribution in [0.2, 0.25) is 0 Å². The average Bonchev–Trinajstić information content (AvgIpc) is 3.66. The number of hydrogen-bond acceptors (Lipinski definition) is 2. The van der Waals surface area contributed by atoms with E-state index < -0.39 is 0 Å². The van der Waals surface area contributed by atoms with Gasteiger partial charge in [0.05, 0.1) is 22.3 Å². The monoisotopic (exact) mass is 626 g/mol. The summed E-state index contributed by atoms with van der Waals surface area (Å²) in [5.74, 6) is 1.34. The van der Waals surface area contributed by atoms with E-state index in [9.17, 15) is 0 Å². The van der Waals surface area contributed by atoms with Gasteiger partial charge < -0.3 is 4.90 Å². The van der Waals surface area contributed by atoms with E-state index in [1.807, 2.05) is 6.20 Å². The van der Waals surface area contributed by atoms with Crippen molar-refractivity contribution < 1.29 is 0 Å². The van der Waals surface area contributed by atoms with Gasteiger partial charge in [-0.05, 0) is 99.0 Å². The SMILES string of the molecule is CC(C)c1ccnc(-n2c3ccccc3c3ccc(N(c4ccccc4)c4cccc(-n5[cH+]n(C(C)(C)C)c6ccccc65)c4)cc32)c1. The topological polar surface area (TPSA) is 30.9 Å². The molecule has 5 aromatic carbocycles. The molecule has 0 N–H and O–H groups in total. The predicted molar refractivity (Wildman–Crippen MR) is 202 cm³/mol. The molecule has 0 radical (unpaired) electrons. The van der Waals surface area contributed by atoms with Crippen molar-refractivity contribution in [2.75, 3.05) is 4.90 Å². The Hall–Kier alpha value is -5.68. The zero-order valence-corrected chi connectivity index (χ0v) is 28.2. The lowest BCUT2D eigenvalue weighted by atomic mass is 10.1. The predicted octanol–water partition coefficient (Wildman–Crippen LogP) is 11.6. The molecule has 0 bridgehead atoms. The van der Waals surface area contributed by atoms with Crippen molar-refractivity contribution in [1.29, 1.82) is 0 Å². The Morgan fingerprint density at radius 3 is 2.04 bits per heavy atom. The van der Waals surface area contributed by atoms with Crippen LogP contribution in [-0.2, 0) is 5.54 Å². The molecule has 48 heavy (non-hydrogen) atoms. The van der Waals surface area contributed by atoms with Crippen LogP contribution in [0.15, 0.2) is 146 Å². The lowest BCUT2D eigenvalue weighted by Crippen LogP contribution is -2.20. The molecule has 5 heteroatoms. The Balaban J connectivity index is 1.34. The summed E-state index contributed by atoms with van der Waals surface area (Å²) >= 11 is 0. The number of pyridine rings is 1. The smallest absolute Gasteiger partial charge is 0.191 e. The number of anilines is 3. The second-order valence-electron chi connectivity index (χ2n) is 13.9. The third-order valence-electron chi connectivity index (χ3n) is 9.32. The molecule has 3 heterocycles. The van der Waals surface area contributed by atoms with Gasteiger partial charge in [0.25, 0.3) is 0 Å². The van der Waals surface area contributed by atoms with Crippen molar-refractivity contribution in [3.05, 3.63) is 152 Å². The summed E-state index contributed by atoms with van der Waals surface area (Å²) in [6.07, 6.45) is 4.17. The highest BCUT2D eigenvalue weighted by atomic mass is 15.2. The van der Waals surface area contributed by atoms with Crippen molar-refractivity contribution >= 4 is 49.9 Å². The second kappa shape index (κ2) is 11.5. The lowest BCUT2D eigenvalue weighted by Gasteiger charge is -2.25. The first-order valence-electron chi connectivity index (χ1n) is 16.8. The van der Waals surface area contributed by atoms with Crippen LogP contribution < -0.4 is 4.90 Å². The fraction of sp³-hybridized carbons (Fsp3) is 0.163. The van der Waals surface area contributed by atoms with Crippen molar-refractivity contribution in [2.45, 2.75) is 46.1 Å². The number of rotatable bonds is 6. The number of para-hydroxylation sites is 4. The molecule has 0 unspecified atom stereocenters. The Morgan fingerprint density at radius 2 is 1.27 bits per heavy atom. The van der Waals surface area contributed by atoms with Crippen molar-refractivity contribution in [2.24, 2.45) is 0 Å². The van der Waals surface area contributed by atoms with Crippen LogP contribution in [0.4, 0.5) is 17.1 Å².